The van der Waals surface area contributed by atoms with Crippen LogP contribution in [0.25, 0.3) is 15.3 Å². The molecule has 0 saturated heterocycles. The molecular formula is C72H115ClCu5F3N3O17. The van der Waals surface area contributed by atoms with Crippen LogP contribution in [0.1, 0.15) is 278 Å². The van der Waals surface area contributed by atoms with E-state index in [9.17, 15) is 57.5 Å². The van der Waals surface area contributed by atoms with Gasteiger partial charge in [0.25, 0.3) is 5.69 Å². The predicted molar refractivity (Wildman–Crippen MR) is 371 cm³/mol. The summed E-state index contributed by atoms with van der Waals surface area (Å²) in [6, 6.07) is 5.41. The fourth-order valence-corrected chi connectivity index (χ4v) is 8.60. The molecule has 0 heterocycles. The van der Waals surface area contributed by atoms with Gasteiger partial charge in [-0.3, -0.25) is 19.7 Å². The zero-order chi connectivity index (χ0) is 72.9. The summed E-state index contributed by atoms with van der Waals surface area (Å²) in [6.45, 7) is 26.6. The first-order chi connectivity index (χ1) is 46.2. The number of hydrogen-bond donors (Lipinski definition) is 5. The summed E-state index contributed by atoms with van der Waals surface area (Å²) in [5, 5.41) is 54.6. The Labute approximate surface area is 658 Å². The molecule has 5 radical (unpaired) electrons. The summed E-state index contributed by atoms with van der Waals surface area (Å²) in [7, 11) is 0. The molecule has 0 fully saturated rings. The molecular weight excluding hydrogens is 1590 g/mol. The zero-order valence-corrected chi connectivity index (χ0v) is 65.3. The van der Waals surface area contributed by atoms with E-state index in [0.29, 0.717) is 63.6 Å². The predicted octanol–water partition coefficient (Wildman–Crippen LogP) is 21.0. The van der Waals surface area contributed by atoms with Crippen LogP contribution in [0.2, 0.25) is 0 Å². The first-order valence-corrected chi connectivity index (χ1v) is 35.0. The third kappa shape index (κ3) is 70.8. The summed E-state index contributed by atoms with van der Waals surface area (Å²) in [6.07, 6.45) is 38.2. The number of carbonyl (C=O) groups excluding carboxylic acids is 5. The van der Waals surface area contributed by atoms with Gasteiger partial charge >= 0.3 is 47.4 Å². The van der Waals surface area contributed by atoms with Crippen LogP contribution >= 0.6 is 11.6 Å². The first kappa shape index (κ1) is 115. The molecule has 29 heteroatoms. The van der Waals surface area contributed by atoms with Crippen molar-refractivity contribution < 1.29 is 177 Å². The molecule has 0 unspecified atom stereocenters. The van der Waals surface area contributed by atoms with Crippen LogP contribution in [0.4, 0.5) is 18.9 Å². The van der Waals surface area contributed by atoms with E-state index in [-0.39, 0.29) is 138 Å². The second-order valence-electron chi connectivity index (χ2n) is 22.5. The summed E-state index contributed by atoms with van der Waals surface area (Å²) in [4.78, 5) is 72.4. The molecule has 0 atom stereocenters. The number of esters is 5. The van der Waals surface area contributed by atoms with Gasteiger partial charge in [-0.2, -0.15) is 13.2 Å². The molecule has 0 spiro atoms. The van der Waals surface area contributed by atoms with E-state index in [4.69, 9.17) is 59.0 Å². The van der Waals surface area contributed by atoms with Crippen molar-refractivity contribution in [3.63, 3.8) is 0 Å². The fraction of sp³-hybridized carbons (Fsp3) is 0.681. The summed E-state index contributed by atoms with van der Waals surface area (Å²) < 4.78 is 60.1. The average molecular weight is 1700 g/mol. The third-order valence-corrected chi connectivity index (χ3v) is 14.6. The van der Waals surface area contributed by atoms with Crippen molar-refractivity contribution in [2.75, 3.05) is 38.9 Å². The Morgan fingerprint density at radius 3 is 0.960 bits per heavy atom. The molecule has 20 nitrogen and oxygen atoms in total. The number of unbranched alkanes of at least 4 members (excludes halogenated alkanes) is 31. The van der Waals surface area contributed by atoms with Gasteiger partial charge in [0.15, 0.2) is 5.57 Å². The average Bonchev–Trinajstić information content (AvgIpc) is 0.885. The summed E-state index contributed by atoms with van der Waals surface area (Å²) in [5.74, 6) is -4.29. The van der Waals surface area contributed by atoms with Gasteiger partial charge in [-0.25, -0.2) is 24.1 Å². The maximum atomic E-state index is 12.1. The Morgan fingerprint density at radius 2 is 0.713 bits per heavy atom. The molecule has 5 N–H and O–H groups in total. The van der Waals surface area contributed by atoms with E-state index in [1.807, 2.05) is 0 Å². The van der Waals surface area contributed by atoms with Crippen LogP contribution in [0.15, 0.2) is 77.6 Å². The smallest absolute Gasteiger partial charge is 0.426 e. The van der Waals surface area contributed by atoms with Gasteiger partial charge in [-0.15, -0.1) is 11.6 Å². The molecule has 1 rings (SSSR count). The van der Waals surface area contributed by atoms with Crippen LogP contribution in [0.3, 0.4) is 0 Å². The Kier molecular flexibility index (Phi) is 95.8. The van der Waals surface area contributed by atoms with E-state index in [2.05, 4.69) is 42.1 Å². The number of carbonyl (C=O) groups is 5. The number of nitrogens with zero attached hydrogens (tertiary/aromatic N) is 3. The van der Waals surface area contributed by atoms with E-state index in [1.54, 1.807) is 6.92 Å². The number of halogens is 4. The van der Waals surface area contributed by atoms with Crippen molar-refractivity contribution in [3.8, 4) is 0 Å². The van der Waals surface area contributed by atoms with Crippen LogP contribution in [0.5, 0.6) is 0 Å². The van der Waals surface area contributed by atoms with Crippen LogP contribution < -0.4 is 0 Å². The van der Waals surface area contributed by atoms with Crippen molar-refractivity contribution >= 4 is 52.7 Å². The standard InChI is InChI=1S/C21H31NO5.C17H31ClO3.C14H23NO3.C12H19NO3.C8H11F3O3.5Cu/c1-2-3-4-5-6-7-8-9-10-11-16-27-21(24)20(17-23)18-12-14-19(15-13-18)22(25)26;1-3-4-5-6-7-8-9-10-11-12-13-21-17(20)15(2)16(19)14-18;1-3-4-5-6-7-8-9-10-11-18-14(17)13(12-16)15-2;1-3-4-5-6-7-8-9-16-12(15)11(10-14)13-2;1-2-3-4-14-7(13)6(5-12)8(9,10)11;;;;;/h12-15,17,23H,2-11,16H2,1H3;19H,3-14H2,1-2H3;12,16H,3-11H2,1H3;10,14H,3-9H2,1H3;5,12H,2-4H2,1H3;;;;;. The van der Waals surface area contributed by atoms with Gasteiger partial charge in [0, 0.05) is 97.5 Å². The normalized spacial score (nSPS) is 11.0. The third-order valence-electron chi connectivity index (χ3n) is 14.3. The largest absolute Gasteiger partial charge is 0.526 e. The van der Waals surface area contributed by atoms with Gasteiger partial charge in [-0.05, 0) is 56.7 Å². The van der Waals surface area contributed by atoms with Gasteiger partial charge in [-0.1, -0.05) is 234 Å². The number of hydrogen-bond acceptors (Lipinski definition) is 17. The van der Waals surface area contributed by atoms with Crippen molar-refractivity contribution in [1.29, 1.82) is 0 Å². The fourth-order valence-electron chi connectivity index (χ4n) is 8.40. The van der Waals surface area contributed by atoms with Crippen molar-refractivity contribution in [2.24, 2.45) is 0 Å². The topological polar surface area (TPSA) is 285 Å². The van der Waals surface area contributed by atoms with Crippen molar-refractivity contribution in [2.45, 2.75) is 279 Å². The molecule has 0 bridgehead atoms. The van der Waals surface area contributed by atoms with Crippen LogP contribution in [-0.4, -0.2) is 105 Å². The van der Waals surface area contributed by atoms with Gasteiger partial charge in [0.2, 0.25) is 0 Å². The summed E-state index contributed by atoms with van der Waals surface area (Å²) >= 11 is 5.45. The van der Waals surface area contributed by atoms with Gasteiger partial charge in [0.05, 0.1) is 87.6 Å². The molecule has 0 aromatic heterocycles. The SMILES string of the molecule is CCCCCCCCCCCCOC(=O)C(=CO)c1ccc([N+](=O)[O-])cc1.CCCCCCCCCCCCOC(=O)C(C)=C(O)CCl.CCCCOC(=O)C(=CO)C(F)(F)F.[C-]#[N+]C(=CO)C(=O)OCCCCCCCC.[C-]#[N+]C(=CO)C(=O)OCCCCCCCCCC.[Cu].[Cu].[Cu].[Cu].[Cu]. The molecule has 0 aliphatic heterocycles. The second-order valence-corrected chi connectivity index (χ2v) is 22.8. The maximum absolute atomic E-state index is 12.1. The number of nitro groups is 1. The molecule has 603 valence electrons. The Bertz CT molecular complexity index is 2460. The van der Waals surface area contributed by atoms with Crippen LogP contribution in [-0.2, 0) is 133 Å². The van der Waals surface area contributed by atoms with Crippen molar-refractivity contribution in [3.05, 3.63) is 116 Å². The van der Waals surface area contributed by atoms with Crippen molar-refractivity contribution in [1.82, 2.24) is 0 Å². The molecule has 1 aromatic rings. The van der Waals surface area contributed by atoms with E-state index < -0.39 is 46.5 Å². The number of alkyl halides is 4. The molecule has 0 saturated carbocycles. The van der Waals surface area contributed by atoms with E-state index in [1.165, 1.54) is 179 Å². The Morgan fingerprint density at radius 1 is 0.446 bits per heavy atom. The monoisotopic (exact) mass is 1700 g/mol. The molecule has 0 aliphatic carbocycles. The second kappa shape index (κ2) is 84.3. The number of ether oxygens (including phenoxy) is 5. The number of nitro benzene ring substituents is 1. The molecule has 0 amide bonds. The minimum absolute atomic E-state index is 0. The Balaban J connectivity index is -0.000000151. The quantitative estimate of drug-likeness (QED) is 0.00387. The Hall–Kier alpha value is -4.67. The van der Waals surface area contributed by atoms with Crippen LogP contribution in [0, 0.1) is 23.3 Å². The summed E-state index contributed by atoms with van der Waals surface area (Å²) in [5.41, 5.74) is -1.91. The van der Waals surface area contributed by atoms with E-state index in [0.717, 1.165) is 70.6 Å². The molecule has 1 aromatic carbocycles. The number of allylic oxidation sites excluding steroid dienone is 1. The number of aliphatic hydroxyl groups excluding tert-OH is 5. The van der Waals surface area contributed by atoms with Gasteiger partial charge in [0.1, 0.15) is 11.3 Å². The minimum Gasteiger partial charge on any atom is -0.526 e. The number of non-ortho nitro benzene ring substituents is 1. The number of rotatable bonds is 49. The van der Waals surface area contributed by atoms with Gasteiger partial charge < -0.3 is 49.2 Å². The number of benzene rings is 1. The van der Waals surface area contributed by atoms with E-state index >= 15 is 0 Å². The molecule has 0 aliphatic rings. The number of aliphatic hydroxyl groups is 5. The maximum Gasteiger partial charge on any atom is 0.426 e. The minimum atomic E-state index is -4.88. The molecule has 101 heavy (non-hydrogen) atoms. The zero-order valence-electron chi connectivity index (χ0n) is 59.8. The first-order valence-electron chi connectivity index (χ1n) is 34.4.